The second-order valence-electron chi connectivity index (χ2n) is 2.71. The molecule has 1 rings (SSSR count). The standard InChI is InChI=1S/C5H3F5N4O2/c1-13-3(14(15)16)2(11-12-13)4(6,7)5(8,9)10/h1H3. The van der Waals surface area contributed by atoms with Gasteiger partial charge in [0.25, 0.3) is 0 Å². The first-order valence-electron chi connectivity index (χ1n) is 3.58. The second kappa shape index (κ2) is 3.35. The summed E-state index contributed by atoms with van der Waals surface area (Å²) in [6.07, 6.45) is -5.96. The molecule has 0 fully saturated rings. The lowest BCUT2D eigenvalue weighted by Crippen LogP contribution is -2.34. The molecule has 0 saturated heterocycles. The van der Waals surface area contributed by atoms with E-state index in [4.69, 9.17) is 0 Å². The maximum atomic E-state index is 12.8. The molecule has 0 N–H and O–H groups in total. The van der Waals surface area contributed by atoms with E-state index in [1.165, 1.54) is 0 Å². The van der Waals surface area contributed by atoms with Crippen LogP contribution in [0, 0.1) is 10.1 Å². The Kier molecular flexibility index (Phi) is 2.57. The molecule has 1 aromatic rings. The molecule has 1 aromatic heterocycles. The maximum absolute atomic E-state index is 12.8. The van der Waals surface area contributed by atoms with Gasteiger partial charge in [-0.05, 0) is 4.92 Å². The van der Waals surface area contributed by atoms with Crippen molar-refractivity contribution in [2.45, 2.75) is 12.1 Å². The molecule has 0 spiro atoms. The zero-order valence-corrected chi connectivity index (χ0v) is 7.50. The van der Waals surface area contributed by atoms with Crippen LogP contribution in [0.2, 0.25) is 0 Å². The van der Waals surface area contributed by atoms with Crippen LogP contribution in [-0.2, 0) is 13.0 Å². The summed E-state index contributed by atoms with van der Waals surface area (Å²) in [5, 5.41) is 15.5. The quantitative estimate of drug-likeness (QED) is 0.448. The lowest BCUT2D eigenvalue weighted by Gasteiger charge is -2.16. The number of nitrogens with zero attached hydrogens (tertiary/aromatic N) is 4. The summed E-state index contributed by atoms with van der Waals surface area (Å²) >= 11 is 0. The highest BCUT2D eigenvalue weighted by Gasteiger charge is 2.64. The topological polar surface area (TPSA) is 73.8 Å². The fraction of sp³-hybridized carbons (Fsp3) is 0.600. The van der Waals surface area contributed by atoms with Crippen LogP contribution in [0.25, 0.3) is 0 Å². The normalized spacial score (nSPS) is 12.9. The highest BCUT2D eigenvalue weighted by molar-refractivity contribution is 5.30. The molecule has 0 amide bonds. The third-order valence-corrected chi connectivity index (χ3v) is 1.62. The summed E-state index contributed by atoms with van der Waals surface area (Å²) < 4.78 is 61.5. The van der Waals surface area contributed by atoms with Gasteiger partial charge in [0.05, 0.1) is 0 Å². The molecule has 1 heterocycles. The number of hydrogen-bond acceptors (Lipinski definition) is 4. The molecule has 0 atom stereocenters. The van der Waals surface area contributed by atoms with E-state index >= 15 is 0 Å². The molecular formula is C5H3F5N4O2. The molecule has 0 aliphatic carbocycles. The van der Waals surface area contributed by atoms with Gasteiger partial charge in [-0.25, -0.2) is 0 Å². The first-order valence-corrected chi connectivity index (χ1v) is 3.58. The molecule has 6 nitrogen and oxygen atoms in total. The predicted octanol–water partition coefficient (Wildman–Crippen LogP) is 1.38. The molecule has 16 heavy (non-hydrogen) atoms. The summed E-state index contributed by atoms with van der Waals surface area (Å²) in [6, 6.07) is 0. The molecule has 0 bridgehead atoms. The van der Waals surface area contributed by atoms with Crippen LogP contribution in [0.15, 0.2) is 0 Å². The molecule has 0 aromatic carbocycles. The Labute approximate surface area is 83.8 Å². The fourth-order valence-electron chi connectivity index (χ4n) is 0.894. The Balaban J connectivity index is 3.40. The Morgan fingerprint density at radius 3 is 2.19 bits per heavy atom. The summed E-state index contributed by atoms with van der Waals surface area (Å²) in [4.78, 5) is 8.87. The van der Waals surface area contributed by atoms with Gasteiger partial charge < -0.3 is 10.1 Å². The van der Waals surface area contributed by atoms with Crippen molar-refractivity contribution in [3.63, 3.8) is 0 Å². The lowest BCUT2D eigenvalue weighted by atomic mass is 10.2. The van der Waals surface area contributed by atoms with Crippen LogP contribution >= 0.6 is 0 Å². The van der Waals surface area contributed by atoms with Gasteiger partial charge in [0, 0.05) is 5.21 Å². The van der Waals surface area contributed by atoms with Gasteiger partial charge in [0.1, 0.15) is 7.05 Å². The van der Waals surface area contributed by atoms with Crippen molar-refractivity contribution in [3.8, 4) is 0 Å². The van der Waals surface area contributed by atoms with Gasteiger partial charge in [-0.2, -0.15) is 22.0 Å². The summed E-state index contributed by atoms with van der Waals surface area (Å²) in [5.41, 5.74) is -2.02. The molecular weight excluding hydrogens is 243 g/mol. The number of nitro groups is 1. The number of halogens is 5. The minimum absolute atomic E-state index is 0.231. The van der Waals surface area contributed by atoms with Crippen molar-refractivity contribution >= 4 is 5.82 Å². The predicted molar refractivity (Wildman–Crippen MR) is 37.6 cm³/mol. The molecule has 11 heteroatoms. The molecule has 0 radical (unpaired) electrons. The van der Waals surface area contributed by atoms with Crippen LogP contribution in [0.1, 0.15) is 5.69 Å². The molecule has 0 aliphatic rings. The SMILES string of the molecule is Cn1nnc(C(F)(F)C(F)(F)F)c1[N+](=O)[O-]. The third kappa shape index (κ3) is 1.67. The van der Waals surface area contributed by atoms with Gasteiger partial charge in [-0.15, -0.1) is 9.78 Å². The number of rotatable bonds is 2. The van der Waals surface area contributed by atoms with E-state index in [0.717, 1.165) is 7.05 Å². The Morgan fingerprint density at radius 1 is 1.31 bits per heavy atom. The van der Waals surface area contributed by atoms with Crippen LogP contribution < -0.4 is 0 Å². The summed E-state index contributed by atoms with van der Waals surface area (Å²) in [7, 11) is 0.834. The van der Waals surface area contributed by atoms with Gasteiger partial charge in [-0.3, -0.25) is 0 Å². The van der Waals surface area contributed by atoms with Crippen molar-refractivity contribution < 1.29 is 26.9 Å². The summed E-state index contributed by atoms with van der Waals surface area (Å²) in [5.74, 6) is -6.91. The molecule has 0 aliphatic heterocycles. The minimum atomic E-state index is -5.96. The van der Waals surface area contributed by atoms with E-state index in [2.05, 4.69) is 10.3 Å². The fourth-order valence-corrected chi connectivity index (χ4v) is 0.894. The van der Waals surface area contributed by atoms with E-state index in [9.17, 15) is 32.1 Å². The van der Waals surface area contributed by atoms with Crippen LogP contribution in [0.5, 0.6) is 0 Å². The number of alkyl halides is 5. The third-order valence-electron chi connectivity index (χ3n) is 1.62. The van der Waals surface area contributed by atoms with Crippen molar-refractivity contribution in [2.24, 2.45) is 7.05 Å². The Hall–Kier alpha value is -1.81. The zero-order valence-electron chi connectivity index (χ0n) is 7.50. The van der Waals surface area contributed by atoms with Crippen LogP contribution in [0.3, 0.4) is 0 Å². The van der Waals surface area contributed by atoms with Crippen molar-refractivity contribution in [3.05, 3.63) is 15.8 Å². The molecule has 90 valence electrons. The van der Waals surface area contributed by atoms with Gasteiger partial charge in [-0.1, -0.05) is 0 Å². The summed E-state index contributed by atoms with van der Waals surface area (Å²) in [6.45, 7) is 0. The monoisotopic (exact) mass is 246 g/mol. The average Bonchev–Trinajstić information content (AvgIpc) is 2.45. The van der Waals surface area contributed by atoms with Crippen LogP contribution in [0.4, 0.5) is 27.8 Å². The number of aromatic nitrogens is 3. The van der Waals surface area contributed by atoms with E-state index < -0.39 is 28.5 Å². The first kappa shape index (κ1) is 12.3. The highest BCUT2D eigenvalue weighted by atomic mass is 19.4. The van der Waals surface area contributed by atoms with Crippen LogP contribution in [-0.4, -0.2) is 26.1 Å². The van der Waals surface area contributed by atoms with E-state index in [1.54, 1.807) is 0 Å². The maximum Gasteiger partial charge on any atom is 0.460 e. The average molecular weight is 246 g/mol. The molecule has 0 unspecified atom stereocenters. The Morgan fingerprint density at radius 2 is 1.81 bits per heavy atom. The minimum Gasteiger partial charge on any atom is -0.358 e. The van der Waals surface area contributed by atoms with E-state index in [1.807, 2.05) is 0 Å². The zero-order chi connectivity index (χ0) is 12.7. The van der Waals surface area contributed by atoms with Gasteiger partial charge >= 0.3 is 17.9 Å². The van der Waals surface area contributed by atoms with Gasteiger partial charge in [0.15, 0.2) is 0 Å². The highest BCUT2D eigenvalue weighted by Crippen LogP contribution is 2.45. The molecule has 0 saturated carbocycles. The van der Waals surface area contributed by atoms with Gasteiger partial charge in [0.2, 0.25) is 5.69 Å². The van der Waals surface area contributed by atoms with Crippen molar-refractivity contribution in [2.75, 3.05) is 0 Å². The number of hydrogen-bond donors (Lipinski definition) is 0. The number of aryl methyl sites for hydroxylation is 1. The van der Waals surface area contributed by atoms with E-state index in [0.29, 0.717) is 0 Å². The van der Waals surface area contributed by atoms with Crippen molar-refractivity contribution in [1.82, 2.24) is 15.0 Å². The first-order chi connectivity index (χ1) is 7.09. The lowest BCUT2D eigenvalue weighted by molar-refractivity contribution is -0.397. The second-order valence-corrected chi connectivity index (χ2v) is 2.71. The largest absolute Gasteiger partial charge is 0.460 e. The van der Waals surface area contributed by atoms with E-state index in [-0.39, 0.29) is 4.68 Å². The van der Waals surface area contributed by atoms with Crippen molar-refractivity contribution in [1.29, 1.82) is 0 Å². The Bertz CT molecular complexity index is 425. The smallest absolute Gasteiger partial charge is 0.358 e.